The van der Waals surface area contributed by atoms with Gasteiger partial charge in [-0.2, -0.15) is 0 Å². The first kappa shape index (κ1) is 14.0. The monoisotopic (exact) mass is 320 g/mol. The molecule has 0 bridgehead atoms. The summed E-state index contributed by atoms with van der Waals surface area (Å²) in [7, 11) is 1.93. The van der Waals surface area contributed by atoms with Gasteiger partial charge in [-0.25, -0.2) is 4.98 Å². The molecule has 0 spiro atoms. The van der Waals surface area contributed by atoms with Crippen molar-refractivity contribution in [3.8, 4) is 5.88 Å². The van der Waals surface area contributed by atoms with Crippen molar-refractivity contribution in [1.29, 1.82) is 0 Å². The van der Waals surface area contributed by atoms with E-state index in [9.17, 15) is 0 Å². The highest BCUT2D eigenvalue weighted by atomic mass is 79.9. The lowest BCUT2D eigenvalue weighted by molar-refractivity contribution is 0.287. The third kappa shape index (κ3) is 3.78. The second-order valence-electron chi connectivity index (χ2n) is 4.32. The average Bonchev–Trinajstić information content (AvgIpc) is 2.46. The second-order valence-corrected chi connectivity index (χ2v) is 5.24. The summed E-state index contributed by atoms with van der Waals surface area (Å²) in [6.07, 6.45) is 1.75. The largest absolute Gasteiger partial charge is 0.473 e. The average molecular weight is 321 g/mol. The van der Waals surface area contributed by atoms with Crippen molar-refractivity contribution in [2.75, 3.05) is 7.05 Å². The smallest absolute Gasteiger partial charge is 0.218 e. The first-order chi connectivity index (χ1) is 9.20. The fraction of sp³-hybridized carbons (Fsp3) is 0.267. The number of hydrogen-bond donors (Lipinski definition) is 1. The van der Waals surface area contributed by atoms with E-state index in [1.807, 2.05) is 43.4 Å². The number of aromatic nitrogens is 1. The van der Waals surface area contributed by atoms with E-state index < -0.39 is 0 Å². The Kier molecular flexibility index (Phi) is 4.93. The van der Waals surface area contributed by atoms with Crippen LogP contribution < -0.4 is 10.1 Å². The molecule has 0 radical (unpaired) electrons. The third-order valence-electron chi connectivity index (χ3n) is 2.99. The van der Waals surface area contributed by atoms with E-state index in [4.69, 9.17) is 4.74 Å². The summed E-state index contributed by atoms with van der Waals surface area (Å²) in [5.41, 5.74) is 2.19. The number of rotatable bonds is 5. The van der Waals surface area contributed by atoms with Gasteiger partial charge in [0, 0.05) is 22.3 Å². The van der Waals surface area contributed by atoms with Crippen LogP contribution in [0.5, 0.6) is 5.88 Å². The van der Waals surface area contributed by atoms with E-state index in [0.29, 0.717) is 12.5 Å². The van der Waals surface area contributed by atoms with E-state index in [1.165, 1.54) is 0 Å². The summed E-state index contributed by atoms with van der Waals surface area (Å²) < 4.78 is 6.89. The number of benzene rings is 1. The Balaban J connectivity index is 2.09. The number of ether oxygens (including phenoxy) is 1. The zero-order chi connectivity index (χ0) is 13.7. The molecule has 100 valence electrons. The molecule has 0 fully saturated rings. The van der Waals surface area contributed by atoms with Crippen LogP contribution in [0.15, 0.2) is 47.1 Å². The molecule has 4 heteroatoms. The maximum absolute atomic E-state index is 5.82. The van der Waals surface area contributed by atoms with Gasteiger partial charge in [0.1, 0.15) is 6.61 Å². The molecule has 2 rings (SSSR count). The standard InChI is InChI=1S/C15H17BrN2O/c1-11(17-2)14-4-3-9-18-15(14)19-10-12-5-7-13(16)8-6-12/h3-9,11,17H,10H2,1-2H3. The fourth-order valence-electron chi connectivity index (χ4n) is 1.74. The minimum atomic E-state index is 0.216. The first-order valence-corrected chi connectivity index (χ1v) is 6.99. The van der Waals surface area contributed by atoms with Crippen LogP contribution in [0.1, 0.15) is 24.1 Å². The van der Waals surface area contributed by atoms with Crippen LogP contribution in [0.4, 0.5) is 0 Å². The normalized spacial score (nSPS) is 12.2. The van der Waals surface area contributed by atoms with Gasteiger partial charge in [-0.1, -0.05) is 34.1 Å². The van der Waals surface area contributed by atoms with Crippen LogP contribution in [-0.4, -0.2) is 12.0 Å². The second kappa shape index (κ2) is 6.68. The molecule has 3 nitrogen and oxygen atoms in total. The van der Waals surface area contributed by atoms with Gasteiger partial charge < -0.3 is 10.1 Å². The minimum Gasteiger partial charge on any atom is -0.473 e. The number of halogens is 1. The summed E-state index contributed by atoms with van der Waals surface area (Å²) in [4.78, 5) is 4.31. The number of nitrogens with zero attached hydrogens (tertiary/aromatic N) is 1. The molecule has 1 aromatic heterocycles. The predicted molar refractivity (Wildman–Crippen MR) is 80.2 cm³/mol. The molecule has 0 aliphatic heterocycles. The highest BCUT2D eigenvalue weighted by Gasteiger charge is 2.10. The van der Waals surface area contributed by atoms with E-state index in [2.05, 4.69) is 33.2 Å². The van der Waals surface area contributed by atoms with Crippen LogP contribution in [0, 0.1) is 0 Å². The van der Waals surface area contributed by atoms with Gasteiger partial charge in [0.05, 0.1) is 0 Å². The molecule has 19 heavy (non-hydrogen) atoms. The maximum Gasteiger partial charge on any atom is 0.218 e. The zero-order valence-electron chi connectivity index (χ0n) is 11.1. The first-order valence-electron chi connectivity index (χ1n) is 6.20. The lowest BCUT2D eigenvalue weighted by atomic mass is 10.1. The molecular formula is C15H17BrN2O. The van der Waals surface area contributed by atoms with Gasteiger partial charge >= 0.3 is 0 Å². The quantitative estimate of drug-likeness (QED) is 0.912. The number of hydrogen-bond acceptors (Lipinski definition) is 3. The molecule has 0 aliphatic rings. The zero-order valence-corrected chi connectivity index (χ0v) is 12.6. The summed E-state index contributed by atoms with van der Waals surface area (Å²) >= 11 is 3.42. The molecule has 2 aromatic rings. The molecule has 0 saturated carbocycles. The van der Waals surface area contributed by atoms with Crippen LogP contribution >= 0.6 is 15.9 Å². The Labute approximate surface area is 122 Å². The van der Waals surface area contributed by atoms with E-state index in [0.717, 1.165) is 15.6 Å². The molecule has 1 aromatic carbocycles. The third-order valence-corrected chi connectivity index (χ3v) is 3.52. The summed E-state index contributed by atoms with van der Waals surface area (Å²) in [5.74, 6) is 0.687. The molecule has 0 amide bonds. The molecule has 1 N–H and O–H groups in total. The molecule has 0 aliphatic carbocycles. The molecule has 1 atom stereocenters. The Bertz CT molecular complexity index is 528. The van der Waals surface area contributed by atoms with Crippen molar-refractivity contribution in [2.45, 2.75) is 19.6 Å². The SMILES string of the molecule is CNC(C)c1cccnc1OCc1ccc(Br)cc1. The summed E-state index contributed by atoms with van der Waals surface area (Å²) in [6, 6.07) is 12.3. The van der Waals surface area contributed by atoms with Crippen molar-refractivity contribution < 1.29 is 4.74 Å². The maximum atomic E-state index is 5.82. The van der Waals surface area contributed by atoms with E-state index in [-0.39, 0.29) is 6.04 Å². The summed E-state index contributed by atoms with van der Waals surface area (Å²) in [5, 5.41) is 3.20. The van der Waals surface area contributed by atoms with Gasteiger partial charge in [-0.15, -0.1) is 0 Å². The summed E-state index contributed by atoms with van der Waals surface area (Å²) in [6.45, 7) is 2.61. The van der Waals surface area contributed by atoms with Crippen LogP contribution in [0.2, 0.25) is 0 Å². The Morgan fingerprint density at radius 1 is 1.26 bits per heavy atom. The lowest BCUT2D eigenvalue weighted by Gasteiger charge is -2.15. The van der Waals surface area contributed by atoms with Crippen molar-refractivity contribution >= 4 is 15.9 Å². The lowest BCUT2D eigenvalue weighted by Crippen LogP contribution is -2.14. The van der Waals surface area contributed by atoms with Gasteiger partial charge in [-0.05, 0) is 37.7 Å². The highest BCUT2D eigenvalue weighted by Crippen LogP contribution is 2.23. The van der Waals surface area contributed by atoms with E-state index in [1.54, 1.807) is 6.20 Å². The molecule has 0 saturated heterocycles. The van der Waals surface area contributed by atoms with Crippen molar-refractivity contribution in [1.82, 2.24) is 10.3 Å². The van der Waals surface area contributed by atoms with Gasteiger partial charge in [0.2, 0.25) is 5.88 Å². The van der Waals surface area contributed by atoms with Gasteiger partial charge in [0.15, 0.2) is 0 Å². The Morgan fingerprint density at radius 3 is 2.68 bits per heavy atom. The number of nitrogens with one attached hydrogen (secondary N) is 1. The highest BCUT2D eigenvalue weighted by molar-refractivity contribution is 9.10. The predicted octanol–water partition coefficient (Wildman–Crippen LogP) is 3.70. The van der Waals surface area contributed by atoms with Crippen LogP contribution in [-0.2, 0) is 6.61 Å². The van der Waals surface area contributed by atoms with E-state index >= 15 is 0 Å². The van der Waals surface area contributed by atoms with Crippen LogP contribution in [0.3, 0.4) is 0 Å². The van der Waals surface area contributed by atoms with Gasteiger partial charge in [0.25, 0.3) is 0 Å². The topological polar surface area (TPSA) is 34.2 Å². The van der Waals surface area contributed by atoms with Crippen LogP contribution in [0.25, 0.3) is 0 Å². The van der Waals surface area contributed by atoms with Gasteiger partial charge in [-0.3, -0.25) is 0 Å². The van der Waals surface area contributed by atoms with Crippen molar-refractivity contribution in [3.05, 3.63) is 58.2 Å². The number of pyridine rings is 1. The molecule has 1 unspecified atom stereocenters. The molecular weight excluding hydrogens is 304 g/mol. The Hall–Kier alpha value is -1.39. The van der Waals surface area contributed by atoms with Crippen molar-refractivity contribution in [3.63, 3.8) is 0 Å². The minimum absolute atomic E-state index is 0.216. The fourth-order valence-corrected chi connectivity index (χ4v) is 2.01. The molecule has 1 heterocycles. The van der Waals surface area contributed by atoms with Crippen molar-refractivity contribution in [2.24, 2.45) is 0 Å². The Morgan fingerprint density at radius 2 is 2.00 bits per heavy atom.